The molecule has 204 valence electrons. The number of hydrogen-bond acceptors (Lipinski definition) is 1. The zero-order chi connectivity index (χ0) is 29.0. The molecule has 0 aliphatic heterocycles. The lowest BCUT2D eigenvalue weighted by Crippen LogP contribution is -2.28. The summed E-state index contributed by atoms with van der Waals surface area (Å²) >= 11 is 0. The Morgan fingerprint density at radius 2 is 1.16 bits per heavy atom. The lowest BCUT2D eigenvalue weighted by Gasteiger charge is -2.33. The Morgan fingerprint density at radius 3 is 1.86 bits per heavy atom. The van der Waals surface area contributed by atoms with Gasteiger partial charge in [0.05, 0.1) is 16.4 Å². The highest BCUT2D eigenvalue weighted by atomic mass is 15.2. The molecule has 4 heteroatoms. The number of aromatic nitrogens is 1. The Kier molecular flexibility index (Phi) is 5.63. The van der Waals surface area contributed by atoms with E-state index in [1.807, 2.05) is 41.0 Å². The van der Waals surface area contributed by atoms with Crippen LogP contribution in [-0.2, 0) is 5.41 Å². The second-order valence-corrected chi connectivity index (χ2v) is 11.0. The molecule has 0 saturated carbocycles. The van der Waals surface area contributed by atoms with Crippen LogP contribution in [0.15, 0.2) is 157 Å². The van der Waals surface area contributed by atoms with Crippen molar-refractivity contribution in [3.8, 4) is 11.1 Å². The van der Waals surface area contributed by atoms with Gasteiger partial charge >= 0.3 is 0 Å². The van der Waals surface area contributed by atoms with Crippen LogP contribution in [0.5, 0.6) is 0 Å². The summed E-state index contributed by atoms with van der Waals surface area (Å²) in [6, 6.07) is 52.6. The van der Waals surface area contributed by atoms with Gasteiger partial charge in [-0.05, 0) is 33.9 Å². The van der Waals surface area contributed by atoms with Gasteiger partial charge in [-0.25, -0.2) is 0 Å². The van der Waals surface area contributed by atoms with E-state index in [0.717, 1.165) is 38.5 Å². The minimum Gasteiger partial charge on any atom is -0.383 e. The fourth-order valence-electron chi connectivity index (χ4n) is 7.04. The molecular weight excluding hydrogens is 524 g/mol. The first kappa shape index (κ1) is 25.0. The van der Waals surface area contributed by atoms with Gasteiger partial charge in [0.15, 0.2) is 0 Å². The Bertz CT molecular complexity index is 2150. The van der Waals surface area contributed by atoms with Crippen molar-refractivity contribution < 1.29 is 0 Å². The van der Waals surface area contributed by atoms with Crippen LogP contribution in [-0.4, -0.2) is 16.4 Å². The second-order valence-electron chi connectivity index (χ2n) is 11.0. The molecule has 1 aromatic heterocycles. The van der Waals surface area contributed by atoms with E-state index in [1.54, 1.807) is 0 Å². The number of amidine groups is 1. The van der Waals surface area contributed by atoms with Gasteiger partial charge in [-0.2, -0.15) is 4.99 Å². The second kappa shape index (κ2) is 9.68. The maximum absolute atomic E-state index is 9.36. The van der Waals surface area contributed by atoms with Crippen LogP contribution in [0, 0.1) is 5.41 Å². The summed E-state index contributed by atoms with van der Waals surface area (Å²) in [6.07, 6.45) is 0. The average molecular weight is 553 g/mol. The number of benzene rings is 6. The molecule has 0 radical (unpaired) electrons. The Morgan fingerprint density at radius 1 is 0.581 bits per heavy atom. The van der Waals surface area contributed by atoms with Crippen molar-refractivity contribution in [2.45, 2.75) is 5.41 Å². The zero-order valence-corrected chi connectivity index (χ0v) is 23.4. The van der Waals surface area contributed by atoms with E-state index in [9.17, 15) is 5.41 Å². The molecule has 1 aliphatic rings. The molecule has 0 unspecified atom stereocenters. The Labute approximate surface area is 249 Å². The van der Waals surface area contributed by atoms with Crippen LogP contribution >= 0.6 is 0 Å². The van der Waals surface area contributed by atoms with E-state index in [1.165, 1.54) is 22.3 Å². The fourth-order valence-corrected chi connectivity index (χ4v) is 7.04. The van der Waals surface area contributed by atoms with Gasteiger partial charge in [0.25, 0.3) is 0 Å². The summed E-state index contributed by atoms with van der Waals surface area (Å²) in [4.78, 5) is 4.66. The van der Waals surface area contributed by atoms with Crippen molar-refractivity contribution in [2.24, 2.45) is 10.7 Å². The van der Waals surface area contributed by atoms with Crippen LogP contribution in [0.1, 0.15) is 27.8 Å². The molecule has 3 N–H and O–H groups in total. The van der Waals surface area contributed by atoms with Crippen LogP contribution in [0.3, 0.4) is 0 Å². The minimum atomic E-state index is -0.529. The van der Waals surface area contributed by atoms with Gasteiger partial charge in [-0.1, -0.05) is 146 Å². The molecule has 0 amide bonds. The third-order valence-electron chi connectivity index (χ3n) is 8.76. The van der Waals surface area contributed by atoms with Crippen molar-refractivity contribution in [1.82, 2.24) is 4.57 Å². The number of fused-ring (bicyclic) bond motifs is 7. The normalized spacial score (nSPS) is 13.6. The third kappa shape index (κ3) is 3.57. The highest BCUT2D eigenvalue weighted by Crippen LogP contribution is 2.58. The third-order valence-corrected chi connectivity index (χ3v) is 8.76. The molecule has 0 spiro atoms. The number of nitrogens with zero attached hydrogens (tertiary/aromatic N) is 2. The monoisotopic (exact) mass is 552 g/mol. The molecule has 0 bridgehead atoms. The molecule has 0 fully saturated rings. The van der Waals surface area contributed by atoms with E-state index >= 15 is 0 Å². The van der Waals surface area contributed by atoms with Crippen molar-refractivity contribution in [3.05, 3.63) is 179 Å². The van der Waals surface area contributed by atoms with Crippen LogP contribution in [0.25, 0.3) is 32.9 Å². The molecule has 8 rings (SSSR count). The molecule has 4 nitrogen and oxygen atoms in total. The predicted octanol–water partition coefficient (Wildman–Crippen LogP) is 8.35. The number of nitrogens with one attached hydrogen (secondary N) is 1. The highest BCUT2D eigenvalue weighted by Gasteiger charge is 2.47. The van der Waals surface area contributed by atoms with Gasteiger partial charge in [0.1, 0.15) is 5.84 Å². The lowest BCUT2D eigenvalue weighted by atomic mass is 9.67. The fraction of sp³-hybridized carbons (Fsp3) is 0.0256. The first-order valence-electron chi connectivity index (χ1n) is 14.5. The zero-order valence-electron chi connectivity index (χ0n) is 23.4. The first-order valence-corrected chi connectivity index (χ1v) is 14.5. The molecule has 43 heavy (non-hydrogen) atoms. The van der Waals surface area contributed by atoms with Crippen LogP contribution < -0.4 is 5.73 Å². The summed E-state index contributed by atoms with van der Waals surface area (Å²) in [5, 5.41) is 11.5. The standard InChI is InChI=1S/C39H28N4/c40-37(26-14-4-1-5-15-26)42-38(41)43-34-23-13-11-20-29(34)30-24-25-33-35(36(30)43)31-21-10-12-22-32(31)39(33,27-16-6-2-7-17-27)28-18-8-3-9-19-28/h1-25H,(H3,40,41,42). The van der Waals surface area contributed by atoms with E-state index in [0.29, 0.717) is 5.84 Å². The van der Waals surface area contributed by atoms with Gasteiger partial charge in [0, 0.05) is 21.9 Å². The van der Waals surface area contributed by atoms with Gasteiger partial charge in [0.2, 0.25) is 5.96 Å². The molecule has 0 atom stereocenters. The maximum Gasteiger partial charge on any atom is 0.229 e. The molecule has 0 saturated heterocycles. The smallest absolute Gasteiger partial charge is 0.229 e. The van der Waals surface area contributed by atoms with Crippen molar-refractivity contribution in [2.75, 3.05) is 0 Å². The summed E-state index contributed by atoms with van der Waals surface area (Å²) < 4.78 is 1.97. The average Bonchev–Trinajstić information content (AvgIpc) is 3.57. The van der Waals surface area contributed by atoms with Crippen molar-refractivity contribution >= 4 is 33.6 Å². The van der Waals surface area contributed by atoms with Gasteiger partial charge in [-0.15, -0.1) is 0 Å². The van der Waals surface area contributed by atoms with Crippen LogP contribution in [0.4, 0.5) is 0 Å². The predicted molar refractivity (Wildman–Crippen MR) is 177 cm³/mol. The van der Waals surface area contributed by atoms with E-state index in [4.69, 9.17) is 5.73 Å². The first-order chi connectivity index (χ1) is 21.2. The quantitative estimate of drug-likeness (QED) is 0.168. The summed E-state index contributed by atoms with van der Waals surface area (Å²) in [7, 11) is 0. The molecular formula is C39H28N4. The minimum absolute atomic E-state index is 0.0790. The number of para-hydroxylation sites is 1. The Hall–Kier alpha value is -5.74. The molecule has 6 aromatic carbocycles. The van der Waals surface area contributed by atoms with Gasteiger partial charge < -0.3 is 5.73 Å². The van der Waals surface area contributed by atoms with Gasteiger partial charge in [-0.3, -0.25) is 9.98 Å². The van der Waals surface area contributed by atoms with E-state index in [2.05, 4.69) is 120 Å². The topological polar surface area (TPSA) is 67.2 Å². The Balaban J connectivity index is 1.51. The number of rotatable bonds is 3. The van der Waals surface area contributed by atoms with E-state index in [-0.39, 0.29) is 5.96 Å². The van der Waals surface area contributed by atoms with Crippen molar-refractivity contribution in [3.63, 3.8) is 0 Å². The largest absolute Gasteiger partial charge is 0.383 e. The maximum atomic E-state index is 9.36. The molecule has 7 aromatic rings. The van der Waals surface area contributed by atoms with Crippen LogP contribution in [0.2, 0.25) is 0 Å². The lowest BCUT2D eigenvalue weighted by molar-refractivity contribution is 0.769. The molecule has 1 heterocycles. The van der Waals surface area contributed by atoms with E-state index < -0.39 is 5.41 Å². The summed E-state index contributed by atoms with van der Waals surface area (Å²) in [6.45, 7) is 0. The summed E-state index contributed by atoms with van der Waals surface area (Å²) in [5.74, 6) is 0.391. The summed E-state index contributed by atoms with van der Waals surface area (Å²) in [5.41, 5.74) is 15.7. The molecule has 1 aliphatic carbocycles. The number of nitrogens with two attached hydrogens (primary N) is 1. The number of aliphatic imine (C=N–C) groups is 1. The highest BCUT2D eigenvalue weighted by molar-refractivity contribution is 6.20. The number of hydrogen-bond donors (Lipinski definition) is 2. The SMILES string of the molecule is N=C(/N=C(\N)c1ccccc1)n1c2ccccc2c2ccc3c(c21)-c1ccccc1C3(c1ccccc1)c1ccccc1. The van der Waals surface area contributed by atoms with Crippen molar-refractivity contribution in [1.29, 1.82) is 5.41 Å².